The molecular formula is C19H21FN2O3. The monoisotopic (exact) mass is 344 g/mol. The summed E-state index contributed by atoms with van der Waals surface area (Å²) in [7, 11) is 1.40. The molecule has 0 aliphatic carbocycles. The summed E-state index contributed by atoms with van der Waals surface area (Å²) < 4.78 is 18.6. The lowest BCUT2D eigenvalue weighted by Crippen LogP contribution is -2.28. The van der Waals surface area contributed by atoms with Crippen molar-refractivity contribution in [3.05, 3.63) is 59.4 Å². The molecule has 0 unspecified atom stereocenters. The second-order valence-corrected chi connectivity index (χ2v) is 5.95. The number of amides is 2. The van der Waals surface area contributed by atoms with E-state index < -0.39 is 11.7 Å². The molecule has 0 spiro atoms. The number of rotatable bonds is 6. The zero-order valence-electron chi connectivity index (χ0n) is 14.4. The van der Waals surface area contributed by atoms with E-state index in [1.807, 2.05) is 13.8 Å². The van der Waals surface area contributed by atoms with Gasteiger partial charge in [0, 0.05) is 6.54 Å². The van der Waals surface area contributed by atoms with Gasteiger partial charge in [-0.25, -0.2) is 4.39 Å². The van der Waals surface area contributed by atoms with E-state index in [0.717, 1.165) is 6.07 Å². The Morgan fingerprint density at radius 3 is 2.48 bits per heavy atom. The van der Waals surface area contributed by atoms with Crippen LogP contribution in [-0.2, 0) is 0 Å². The Bertz CT molecular complexity index is 775. The fourth-order valence-corrected chi connectivity index (χ4v) is 2.23. The number of para-hydroxylation sites is 1. The van der Waals surface area contributed by atoms with Crippen molar-refractivity contribution in [3.63, 3.8) is 0 Å². The van der Waals surface area contributed by atoms with Crippen molar-refractivity contribution < 1.29 is 18.7 Å². The molecule has 2 aromatic carbocycles. The van der Waals surface area contributed by atoms with E-state index in [1.54, 1.807) is 24.3 Å². The molecule has 0 bridgehead atoms. The molecule has 0 aromatic heterocycles. The summed E-state index contributed by atoms with van der Waals surface area (Å²) in [5.74, 6) is -0.826. The van der Waals surface area contributed by atoms with Crippen LogP contribution in [0.4, 0.5) is 10.1 Å². The first-order valence-electron chi connectivity index (χ1n) is 7.94. The van der Waals surface area contributed by atoms with Crippen LogP contribution >= 0.6 is 0 Å². The van der Waals surface area contributed by atoms with Crippen LogP contribution < -0.4 is 15.4 Å². The van der Waals surface area contributed by atoms with E-state index >= 15 is 0 Å². The van der Waals surface area contributed by atoms with Crippen LogP contribution in [0.3, 0.4) is 0 Å². The molecule has 0 saturated heterocycles. The summed E-state index contributed by atoms with van der Waals surface area (Å²) >= 11 is 0. The maximum Gasteiger partial charge on any atom is 0.259 e. The Balaban J connectivity index is 2.25. The minimum atomic E-state index is -0.555. The van der Waals surface area contributed by atoms with Gasteiger partial charge in [-0.1, -0.05) is 26.0 Å². The smallest absolute Gasteiger partial charge is 0.259 e. The molecule has 5 nitrogen and oxygen atoms in total. The molecule has 2 rings (SSSR count). The van der Waals surface area contributed by atoms with E-state index in [-0.39, 0.29) is 17.2 Å². The molecule has 0 aliphatic heterocycles. The number of hydrogen-bond donors (Lipinski definition) is 2. The number of carbonyl (C=O) groups excluding carboxylic acids is 2. The van der Waals surface area contributed by atoms with Crippen molar-refractivity contribution in [3.8, 4) is 5.75 Å². The lowest BCUT2D eigenvalue weighted by atomic mass is 10.1. The zero-order chi connectivity index (χ0) is 18.4. The average molecular weight is 344 g/mol. The van der Waals surface area contributed by atoms with Gasteiger partial charge in [0.25, 0.3) is 11.8 Å². The molecule has 2 N–H and O–H groups in total. The van der Waals surface area contributed by atoms with Gasteiger partial charge in [0.15, 0.2) is 0 Å². The van der Waals surface area contributed by atoms with Crippen LogP contribution in [0.1, 0.15) is 34.6 Å². The molecule has 2 aromatic rings. The third-order valence-corrected chi connectivity index (χ3v) is 3.50. The van der Waals surface area contributed by atoms with E-state index in [4.69, 9.17) is 4.74 Å². The molecule has 2 amide bonds. The maximum absolute atomic E-state index is 13.5. The second kappa shape index (κ2) is 8.28. The molecule has 25 heavy (non-hydrogen) atoms. The average Bonchev–Trinajstić information content (AvgIpc) is 2.60. The molecule has 132 valence electrons. The number of methoxy groups -OCH3 is 1. The fraction of sp³-hybridized carbons (Fsp3) is 0.263. The molecular weight excluding hydrogens is 323 g/mol. The van der Waals surface area contributed by atoms with Gasteiger partial charge in [-0.2, -0.15) is 0 Å². The molecule has 0 radical (unpaired) electrons. The van der Waals surface area contributed by atoms with E-state index in [9.17, 15) is 14.0 Å². The maximum atomic E-state index is 13.5. The Morgan fingerprint density at radius 2 is 1.80 bits per heavy atom. The van der Waals surface area contributed by atoms with Crippen LogP contribution in [0.25, 0.3) is 0 Å². The van der Waals surface area contributed by atoms with Gasteiger partial charge in [0.2, 0.25) is 0 Å². The van der Waals surface area contributed by atoms with E-state index in [2.05, 4.69) is 10.6 Å². The SMILES string of the molecule is COc1ccc(F)cc1C(=O)Nc1ccccc1C(=O)NCC(C)C. The van der Waals surface area contributed by atoms with Gasteiger partial charge in [0.05, 0.1) is 23.9 Å². The van der Waals surface area contributed by atoms with Crippen LogP contribution in [-0.4, -0.2) is 25.5 Å². The molecule has 0 heterocycles. The standard InChI is InChI=1S/C19H21FN2O3/c1-12(2)11-21-18(23)14-6-4-5-7-16(14)22-19(24)15-10-13(20)8-9-17(15)25-3/h4-10,12H,11H2,1-3H3,(H,21,23)(H,22,24). The van der Waals surface area contributed by atoms with Crippen molar-refractivity contribution in [2.45, 2.75) is 13.8 Å². The Hall–Kier alpha value is -2.89. The second-order valence-electron chi connectivity index (χ2n) is 5.95. The van der Waals surface area contributed by atoms with Gasteiger partial charge in [-0.3, -0.25) is 9.59 Å². The molecule has 0 aliphatic rings. The number of hydrogen-bond acceptors (Lipinski definition) is 3. The number of ether oxygens (including phenoxy) is 1. The third kappa shape index (κ3) is 4.79. The van der Waals surface area contributed by atoms with Crippen LogP contribution in [0, 0.1) is 11.7 Å². The van der Waals surface area contributed by atoms with Crippen LogP contribution in [0.5, 0.6) is 5.75 Å². The van der Waals surface area contributed by atoms with E-state index in [0.29, 0.717) is 23.7 Å². The van der Waals surface area contributed by atoms with Gasteiger partial charge in [-0.05, 0) is 36.2 Å². The largest absolute Gasteiger partial charge is 0.496 e. The van der Waals surface area contributed by atoms with Crippen molar-refractivity contribution >= 4 is 17.5 Å². The molecule has 0 atom stereocenters. The molecule has 6 heteroatoms. The normalized spacial score (nSPS) is 10.4. The van der Waals surface area contributed by atoms with Gasteiger partial charge in [-0.15, -0.1) is 0 Å². The lowest BCUT2D eigenvalue weighted by Gasteiger charge is -2.13. The highest BCUT2D eigenvalue weighted by Gasteiger charge is 2.17. The first-order chi connectivity index (χ1) is 11.9. The van der Waals surface area contributed by atoms with Crippen LogP contribution in [0.2, 0.25) is 0 Å². The predicted octanol–water partition coefficient (Wildman–Crippen LogP) is 3.47. The number of anilines is 1. The highest BCUT2D eigenvalue weighted by Crippen LogP contribution is 2.22. The van der Waals surface area contributed by atoms with Crippen molar-refractivity contribution in [2.24, 2.45) is 5.92 Å². The first kappa shape index (κ1) is 18.4. The Labute approximate surface area is 146 Å². The van der Waals surface area contributed by atoms with Crippen molar-refractivity contribution in [1.82, 2.24) is 5.32 Å². The van der Waals surface area contributed by atoms with Crippen LogP contribution in [0.15, 0.2) is 42.5 Å². The molecule has 0 fully saturated rings. The summed E-state index contributed by atoms with van der Waals surface area (Å²) in [6, 6.07) is 10.3. The van der Waals surface area contributed by atoms with Gasteiger partial charge in [0.1, 0.15) is 11.6 Å². The predicted molar refractivity (Wildman–Crippen MR) is 94.5 cm³/mol. The number of carbonyl (C=O) groups is 2. The minimum absolute atomic E-state index is 0.0555. The van der Waals surface area contributed by atoms with Gasteiger partial charge < -0.3 is 15.4 Å². The lowest BCUT2D eigenvalue weighted by molar-refractivity contribution is 0.0950. The Morgan fingerprint density at radius 1 is 1.08 bits per heavy atom. The Kier molecular flexibility index (Phi) is 6.11. The summed E-state index contributed by atoms with van der Waals surface area (Å²) in [5.41, 5.74) is 0.742. The minimum Gasteiger partial charge on any atom is -0.496 e. The van der Waals surface area contributed by atoms with Crippen molar-refractivity contribution in [2.75, 3.05) is 19.0 Å². The fourth-order valence-electron chi connectivity index (χ4n) is 2.23. The summed E-state index contributed by atoms with van der Waals surface area (Å²) in [5, 5.41) is 5.46. The first-order valence-corrected chi connectivity index (χ1v) is 7.94. The van der Waals surface area contributed by atoms with Crippen molar-refractivity contribution in [1.29, 1.82) is 0 Å². The number of halogens is 1. The quantitative estimate of drug-likeness (QED) is 0.843. The summed E-state index contributed by atoms with van der Waals surface area (Å²) in [6.07, 6.45) is 0. The third-order valence-electron chi connectivity index (χ3n) is 3.50. The number of nitrogens with one attached hydrogen (secondary N) is 2. The zero-order valence-corrected chi connectivity index (χ0v) is 14.4. The molecule has 0 saturated carbocycles. The topological polar surface area (TPSA) is 67.4 Å². The van der Waals surface area contributed by atoms with E-state index in [1.165, 1.54) is 19.2 Å². The number of benzene rings is 2. The summed E-state index contributed by atoms with van der Waals surface area (Å²) in [6.45, 7) is 4.51. The highest BCUT2D eigenvalue weighted by atomic mass is 19.1. The summed E-state index contributed by atoms with van der Waals surface area (Å²) in [4.78, 5) is 24.8. The van der Waals surface area contributed by atoms with Gasteiger partial charge >= 0.3 is 0 Å². The highest BCUT2D eigenvalue weighted by molar-refractivity contribution is 6.10.